The van der Waals surface area contributed by atoms with Crippen LogP contribution in [-0.4, -0.2) is 44.1 Å². The average Bonchev–Trinajstić information content (AvgIpc) is 2.91. The van der Waals surface area contributed by atoms with E-state index in [-0.39, 0.29) is 24.7 Å². The van der Waals surface area contributed by atoms with Gasteiger partial charge in [0.1, 0.15) is 0 Å². The molecule has 0 aromatic rings. The molecule has 0 spiro atoms. The van der Waals surface area contributed by atoms with E-state index in [1.165, 1.54) is 0 Å². The van der Waals surface area contributed by atoms with E-state index >= 15 is 0 Å². The monoisotopic (exact) mass is 364 g/mol. The van der Waals surface area contributed by atoms with Crippen molar-refractivity contribution in [3.8, 4) is 0 Å². The molecule has 6 heteroatoms. The molecule has 3 fully saturated rings. The van der Waals surface area contributed by atoms with Crippen LogP contribution in [0.4, 0.5) is 0 Å². The van der Waals surface area contributed by atoms with Gasteiger partial charge in [-0.05, 0) is 56.8 Å². The molecule has 0 aromatic heterocycles. The molecular weight excluding hydrogens is 336 g/mol. The molecule has 3 saturated carbocycles. The number of rotatable bonds is 2. The lowest BCUT2D eigenvalue weighted by Crippen LogP contribution is -2.66. The highest BCUT2D eigenvalue weighted by Gasteiger charge is 2.68. The van der Waals surface area contributed by atoms with Crippen molar-refractivity contribution in [1.82, 2.24) is 0 Å². The maximum Gasteiger partial charge on any atom is 0.312 e. The first-order chi connectivity index (χ1) is 12.2. The van der Waals surface area contributed by atoms with Crippen LogP contribution in [0, 0.1) is 28.6 Å². The Labute approximate surface area is 152 Å². The van der Waals surface area contributed by atoms with Crippen molar-refractivity contribution in [3.63, 3.8) is 0 Å². The molecule has 0 saturated heterocycles. The molecule has 6 unspecified atom stereocenters. The molecular formula is C20H28O6. The first kappa shape index (κ1) is 18.0. The van der Waals surface area contributed by atoms with E-state index in [4.69, 9.17) is 0 Å². The molecule has 4 rings (SSSR count). The van der Waals surface area contributed by atoms with Gasteiger partial charge in [-0.15, -0.1) is 0 Å². The van der Waals surface area contributed by atoms with Crippen LogP contribution in [-0.2, 0) is 9.59 Å². The standard InChI is InChI=1S/C20H28O6/c1-18-7-6-14-12(13(18)2-3-15(18)16(22)23)5-8-19(26)10-11(21)4-9-20(14,19)17(24)25/h2,11-12,14-15,21,26H,3-10H2,1H3,(H,22,23)(H,24,25)/t11?,12?,14?,15-,18?,19?,20?/m0/s1. The van der Waals surface area contributed by atoms with Crippen molar-refractivity contribution in [2.24, 2.45) is 28.6 Å². The maximum absolute atomic E-state index is 12.5. The van der Waals surface area contributed by atoms with Crippen molar-refractivity contribution < 1.29 is 30.0 Å². The Hall–Kier alpha value is -1.40. The second kappa shape index (κ2) is 5.55. The van der Waals surface area contributed by atoms with Gasteiger partial charge in [-0.25, -0.2) is 0 Å². The number of hydrogen-bond donors (Lipinski definition) is 4. The van der Waals surface area contributed by atoms with Gasteiger partial charge in [0.15, 0.2) is 0 Å². The Morgan fingerprint density at radius 1 is 1.12 bits per heavy atom. The fourth-order valence-electron chi connectivity index (χ4n) is 7.04. The Morgan fingerprint density at radius 3 is 2.50 bits per heavy atom. The van der Waals surface area contributed by atoms with Crippen molar-refractivity contribution in [1.29, 1.82) is 0 Å². The van der Waals surface area contributed by atoms with Gasteiger partial charge in [0.25, 0.3) is 0 Å². The normalized spacial score (nSPS) is 50.2. The highest BCUT2D eigenvalue weighted by molar-refractivity contribution is 5.78. The van der Waals surface area contributed by atoms with E-state index < -0.39 is 40.4 Å². The summed E-state index contributed by atoms with van der Waals surface area (Å²) >= 11 is 0. The first-order valence-electron chi connectivity index (χ1n) is 9.73. The molecule has 0 radical (unpaired) electrons. The summed E-state index contributed by atoms with van der Waals surface area (Å²) in [5.41, 5.74) is -1.92. The van der Waals surface area contributed by atoms with Gasteiger partial charge in [-0.1, -0.05) is 18.6 Å². The molecule has 0 heterocycles. The van der Waals surface area contributed by atoms with Crippen LogP contribution in [0.15, 0.2) is 11.6 Å². The van der Waals surface area contributed by atoms with Gasteiger partial charge in [0.2, 0.25) is 0 Å². The first-order valence-corrected chi connectivity index (χ1v) is 9.73. The molecule has 4 aliphatic carbocycles. The number of hydrogen-bond acceptors (Lipinski definition) is 4. The van der Waals surface area contributed by atoms with E-state index in [2.05, 4.69) is 0 Å². The van der Waals surface area contributed by atoms with Crippen LogP contribution in [0.5, 0.6) is 0 Å². The lowest BCUT2D eigenvalue weighted by atomic mass is 9.43. The number of carboxylic acid groups (broad SMARTS) is 2. The number of aliphatic hydroxyl groups excluding tert-OH is 1. The molecule has 6 nitrogen and oxygen atoms in total. The minimum Gasteiger partial charge on any atom is -0.481 e. The van der Waals surface area contributed by atoms with Crippen LogP contribution in [0.2, 0.25) is 0 Å². The van der Waals surface area contributed by atoms with Crippen LogP contribution in [0.25, 0.3) is 0 Å². The fourth-order valence-corrected chi connectivity index (χ4v) is 7.04. The Balaban J connectivity index is 1.75. The number of carbonyl (C=O) groups is 2. The van der Waals surface area contributed by atoms with Crippen LogP contribution < -0.4 is 0 Å². The summed E-state index contributed by atoms with van der Waals surface area (Å²) in [7, 11) is 0. The summed E-state index contributed by atoms with van der Waals surface area (Å²) in [5.74, 6) is -2.35. The van der Waals surface area contributed by atoms with Gasteiger partial charge in [-0.3, -0.25) is 9.59 Å². The second-order valence-electron chi connectivity index (χ2n) is 9.20. The number of aliphatic hydroxyl groups is 2. The van der Waals surface area contributed by atoms with Crippen molar-refractivity contribution in [3.05, 3.63) is 11.6 Å². The summed E-state index contributed by atoms with van der Waals surface area (Å²) in [6, 6.07) is 0. The molecule has 4 aliphatic rings. The zero-order chi connectivity index (χ0) is 18.9. The van der Waals surface area contributed by atoms with Gasteiger partial charge in [0, 0.05) is 11.8 Å². The van der Waals surface area contributed by atoms with E-state index in [0.29, 0.717) is 38.5 Å². The summed E-state index contributed by atoms with van der Waals surface area (Å²) in [5, 5.41) is 41.2. The Kier molecular flexibility index (Phi) is 3.84. The molecule has 7 atom stereocenters. The summed E-state index contributed by atoms with van der Waals surface area (Å²) < 4.78 is 0. The SMILES string of the molecule is CC12CCC3C(CCC4(O)CC(O)CCC34C(=O)O)C1=CC[C@H]2C(=O)O. The summed E-state index contributed by atoms with van der Waals surface area (Å²) in [6.45, 7) is 2.01. The summed E-state index contributed by atoms with van der Waals surface area (Å²) in [6.07, 6.45) is 4.97. The number of aliphatic carboxylic acids is 2. The number of fused-ring (bicyclic) bond motifs is 5. The van der Waals surface area contributed by atoms with Gasteiger partial charge >= 0.3 is 11.9 Å². The van der Waals surface area contributed by atoms with Crippen molar-refractivity contribution in [2.75, 3.05) is 0 Å². The highest BCUT2D eigenvalue weighted by atomic mass is 16.4. The molecule has 144 valence electrons. The van der Waals surface area contributed by atoms with E-state index in [9.17, 15) is 30.0 Å². The van der Waals surface area contributed by atoms with Crippen LogP contribution in [0.3, 0.4) is 0 Å². The molecule has 0 bridgehead atoms. The van der Waals surface area contributed by atoms with Gasteiger partial charge < -0.3 is 20.4 Å². The van der Waals surface area contributed by atoms with Crippen LogP contribution in [0.1, 0.15) is 58.3 Å². The number of carboxylic acids is 2. The third-order valence-corrected chi connectivity index (χ3v) is 8.32. The smallest absolute Gasteiger partial charge is 0.312 e. The zero-order valence-corrected chi connectivity index (χ0v) is 15.1. The molecule has 0 aromatic carbocycles. The third kappa shape index (κ3) is 2.06. The predicted molar refractivity (Wildman–Crippen MR) is 92.3 cm³/mol. The predicted octanol–water partition coefficient (Wildman–Crippen LogP) is 2.19. The lowest BCUT2D eigenvalue weighted by Gasteiger charge is -2.61. The average molecular weight is 364 g/mol. The van der Waals surface area contributed by atoms with Crippen molar-refractivity contribution >= 4 is 11.9 Å². The largest absolute Gasteiger partial charge is 0.481 e. The van der Waals surface area contributed by atoms with E-state index in [1.54, 1.807) is 0 Å². The molecule has 0 aliphatic heterocycles. The minimum absolute atomic E-state index is 0.0183. The maximum atomic E-state index is 12.5. The fraction of sp³-hybridized carbons (Fsp3) is 0.800. The zero-order valence-electron chi connectivity index (χ0n) is 15.1. The second-order valence-corrected chi connectivity index (χ2v) is 9.20. The highest BCUT2D eigenvalue weighted by Crippen LogP contribution is 2.67. The molecule has 26 heavy (non-hydrogen) atoms. The molecule has 4 N–H and O–H groups in total. The Morgan fingerprint density at radius 2 is 1.85 bits per heavy atom. The van der Waals surface area contributed by atoms with Crippen LogP contribution >= 0.6 is 0 Å². The lowest BCUT2D eigenvalue weighted by molar-refractivity contribution is -0.223. The third-order valence-electron chi connectivity index (χ3n) is 8.32. The number of allylic oxidation sites excluding steroid dienone is 2. The van der Waals surface area contributed by atoms with Gasteiger partial charge in [-0.2, -0.15) is 0 Å². The quantitative estimate of drug-likeness (QED) is 0.558. The Bertz CT molecular complexity index is 686. The molecule has 0 amide bonds. The summed E-state index contributed by atoms with van der Waals surface area (Å²) in [4.78, 5) is 24.2. The van der Waals surface area contributed by atoms with E-state index in [0.717, 1.165) is 5.57 Å². The van der Waals surface area contributed by atoms with Gasteiger partial charge in [0.05, 0.1) is 23.0 Å². The topological polar surface area (TPSA) is 115 Å². The van der Waals surface area contributed by atoms with E-state index in [1.807, 2.05) is 13.0 Å². The minimum atomic E-state index is -1.38. The van der Waals surface area contributed by atoms with Crippen molar-refractivity contribution in [2.45, 2.75) is 70.0 Å².